The maximum Gasteiger partial charge on any atom is 0.144 e. The van der Waals surface area contributed by atoms with Gasteiger partial charge in [-0.1, -0.05) is 26.8 Å². The van der Waals surface area contributed by atoms with Gasteiger partial charge in [0, 0.05) is 24.6 Å². The normalized spacial score (nSPS) is 17.8. The van der Waals surface area contributed by atoms with Crippen molar-refractivity contribution in [3.8, 4) is 11.8 Å². The van der Waals surface area contributed by atoms with Gasteiger partial charge in [0.2, 0.25) is 0 Å². The number of rotatable bonds is 7. The van der Waals surface area contributed by atoms with Crippen LogP contribution in [0.4, 0.5) is 8.78 Å². The fourth-order valence-corrected chi connectivity index (χ4v) is 4.83. The van der Waals surface area contributed by atoms with Gasteiger partial charge in [-0.3, -0.25) is 0 Å². The maximum absolute atomic E-state index is 14.5. The van der Waals surface area contributed by atoms with Gasteiger partial charge in [-0.15, -0.1) is 0 Å². The first-order chi connectivity index (χ1) is 13.8. The Hall–Kier alpha value is -2.30. The highest BCUT2D eigenvalue weighted by Crippen LogP contribution is 2.34. The lowest BCUT2D eigenvalue weighted by Crippen LogP contribution is -2.57. The molecule has 154 valence electrons. The summed E-state index contributed by atoms with van der Waals surface area (Å²) in [5, 5.41) is 8.77. The first-order valence-electron chi connectivity index (χ1n) is 9.55. The molecule has 3 rings (SSSR count). The van der Waals surface area contributed by atoms with Crippen LogP contribution in [0.1, 0.15) is 44.2 Å². The summed E-state index contributed by atoms with van der Waals surface area (Å²) in [4.78, 5) is 0.189. The zero-order valence-corrected chi connectivity index (χ0v) is 17.6. The molecule has 0 aliphatic carbocycles. The summed E-state index contributed by atoms with van der Waals surface area (Å²) in [7, 11) is -1.57. The van der Waals surface area contributed by atoms with Gasteiger partial charge in [-0.2, -0.15) is 5.26 Å². The van der Waals surface area contributed by atoms with Crippen LogP contribution < -0.4 is 4.74 Å². The summed E-state index contributed by atoms with van der Waals surface area (Å²) >= 11 is 0. The van der Waals surface area contributed by atoms with E-state index in [1.165, 1.54) is 18.2 Å². The van der Waals surface area contributed by atoms with E-state index >= 15 is 0 Å². The Balaban J connectivity index is 1.59. The van der Waals surface area contributed by atoms with E-state index in [0.717, 1.165) is 12.0 Å². The van der Waals surface area contributed by atoms with Crippen molar-refractivity contribution in [3.63, 3.8) is 0 Å². The topological polar surface area (TPSA) is 53.3 Å². The van der Waals surface area contributed by atoms with Crippen LogP contribution >= 0.6 is 0 Å². The third kappa shape index (κ3) is 4.65. The van der Waals surface area contributed by atoms with Crippen LogP contribution in [-0.2, 0) is 11.0 Å². The second kappa shape index (κ2) is 8.60. The van der Waals surface area contributed by atoms with Gasteiger partial charge < -0.3 is 4.74 Å². The molecule has 0 radical (unpaired) electrons. The summed E-state index contributed by atoms with van der Waals surface area (Å²) in [6.45, 7) is 7.32. The molecule has 2 aromatic rings. The smallest absolute Gasteiger partial charge is 0.144 e. The molecular formula is C22H24F2N2O2S. The van der Waals surface area contributed by atoms with Gasteiger partial charge in [0.05, 0.1) is 17.1 Å². The molecule has 0 aromatic heterocycles. The summed E-state index contributed by atoms with van der Waals surface area (Å²) in [6, 6.07) is 10.8. The summed E-state index contributed by atoms with van der Waals surface area (Å²) in [5.41, 5.74) is 0.602. The Morgan fingerprint density at radius 2 is 1.97 bits per heavy atom. The van der Waals surface area contributed by atoms with E-state index in [1.54, 1.807) is 22.5 Å². The zero-order chi connectivity index (χ0) is 21.2. The van der Waals surface area contributed by atoms with Crippen molar-refractivity contribution in [3.05, 3.63) is 59.2 Å². The van der Waals surface area contributed by atoms with Gasteiger partial charge >= 0.3 is 0 Å². The molecule has 7 heteroatoms. The molecule has 2 aromatic carbocycles. The molecular weight excluding hydrogens is 394 g/mol. The van der Waals surface area contributed by atoms with Crippen molar-refractivity contribution >= 4 is 11.0 Å². The highest BCUT2D eigenvalue weighted by atomic mass is 32.2. The van der Waals surface area contributed by atoms with E-state index < -0.39 is 22.6 Å². The molecule has 0 amide bonds. The minimum atomic E-state index is -1.57. The minimum Gasteiger partial charge on any atom is -0.493 e. The quantitative estimate of drug-likeness (QED) is 0.651. The lowest BCUT2D eigenvalue weighted by Gasteiger charge is -2.46. The van der Waals surface area contributed by atoms with Crippen LogP contribution in [0.15, 0.2) is 41.3 Å². The van der Waals surface area contributed by atoms with Crippen LogP contribution in [-0.4, -0.2) is 28.2 Å². The molecule has 1 heterocycles. The Labute approximate surface area is 172 Å². The van der Waals surface area contributed by atoms with Crippen LogP contribution in [0.3, 0.4) is 0 Å². The SMILES string of the molecule is CCC(C)c1ccc(S(=O)N2CC(C)(COc3ccc(C#N)c(F)c3)C2)c(F)c1. The average molecular weight is 419 g/mol. The molecule has 29 heavy (non-hydrogen) atoms. The minimum absolute atomic E-state index is 0.0323. The molecule has 1 saturated heterocycles. The monoisotopic (exact) mass is 418 g/mol. The number of hydrogen-bond acceptors (Lipinski definition) is 3. The zero-order valence-electron chi connectivity index (χ0n) is 16.7. The largest absolute Gasteiger partial charge is 0.493 e. The summed E-state index contributed by atoms with van der Waals surface area (Å²) < 4.78 is 48.3. The Kier molecular flexibility index (Phi) is 6.35. The number of ether oxygens (including phenoxy) is 1. The number of halogens is 2. The first kappa shape index (κ1) is 21.4. The molecule has 2 unspecified atom stereocenters. The van der Waals surface area contributed by atoms with Gasteiger partial charge in [-0.05, 0) is 42.2 Å². The molecule has 1 aliphatic rings. The van der Waals surface area contributed by atoms with Crippen molar-refractivity contribution in [1.82, 2.24) is 4.31 Å². The van der Waals surface area contributed by atoms with Crippen LogP contribution in [0.2, 0.25) is 0 Å². The number of benzene rings is 2. The lowest BCUT2D eigenvalue weighted by atomic mass is 9.85. The van der Waals surface area contributed by atoms with Crippen molar-refractivity contribution < 1.29 is 17.7 Å². The van der Waals surface area contributed by atoms with E-state index in [9.17, 15) is 13.0 Å². The van der Waals surface area contributed by atoms with Crippen molar-refractivity contribution in [2.45, 2.75) is 38.0 Å². The molecule has 0 saturated carbocycles. The van der Waals surface area contributed by atoms with Crippen molar-refractivity contribution in [2.24, 2.45) is 5.41 Å². The predicted octanol–water partition coefficient (Wildman–Crippen LogP) is 4.77. The number of hydrogen-bond donors (Lipinski definition) is 0. The second-order valence-electron chi connectivity index (χ2n) is 7.90. The molecule has 1 fully saturated rings. The van der Waals surface area contributed by atoms with E-state index in [2.05, 4.69) is 0 Å². The maximum atomic E-state index is 14.5. The first-order valence-corrected chi connectivity index (χ1v) is 10.7. The molecule has 1 aliphatic heterocycles. The Bertz CT molecular complexity index is 968. The van der Waals surface area contributed by atoms with E-state index in [4.69, 9.17) is 10.00 Å². The Morgan fingerprint density at radius 3 is 2.55 bits per heavy atom. The third-order valence-electron chi connectivity index (χ3n) is 5.32. The van der Waals surface area contributed by atoms with Gasteiger partial charge in [0.15, 0.2) is 0 Å². The molecule has 0 spiro atoms. The molecule has 0 bridgehead atoms. The summed E-state index contributed by atoms with van der Waals surface area (Å²) in [5.74, 6) is -0.473. The fourth-order valence-electron chi connectivity index (χ4n) is 3.29. The van der Waals surface area contributed by atoms with Crippen LogP contribution in [0.5, 0.6) is 5.75 Å². The number of nitriles is 1. The van der Waals surface area contributed by atoms with E-state index in [-0.39, 0.29) is 21.8 Å². The van der Waals surface area contributed by atoms with E-state index in [1.807, 2.05) is 26.8 Å². The highest BCUT2D eigenvalue weighted by molar-refractivity contribution is 7.82. The fraction of sp³-hybridized carbons (Fsp3) is 0.409. The van der Waals surface area contributed by atoms with Crippen LogP contribution in [0, 0.1) is 28.4 Å². The van der Waals surface area contributed by atoms with Crippen LogP contribution in [0.25, 0.3) is 0 Å². The average Bonchev–Trinajstić information content (AvgIpc) is 2.69. The molecule has 4 nitrogen and oxygen atoms in total. The van der Waals surface area contributed by atoms with Gasteiger partial charge in [-0.25, -0.2) is 17.3 Å². The van der Waals surface area contributed by atoms with Crippen molar-refractivity contribution in [1.29, 1.82) is 5.26 Å². The molecule has 2 atom stereocenters. The summed E-state index contributed by atoms with van der Waals surface area (Å²) in [6.07, 6.45) is 0.912. The van der Waals surface area contributed by atoms with Crippen molar-refractivity contribution in [2.75, 3.05) is 19.7 Å². The predicted molar refractivity (Wildman–Crippen MR) is 108 cm³/mol. The number of nitrogens with zero attached hydrogens (tertiary/aromatic N) is 2. The highest BCUT2D eigenvalue weighted by Gasteiger charge is 2.43. The molecule has 0 N–H and O–H groups in total. The van der Waals surface area contributed by atoms with Gasteiger partial charge in [0.25, 0.3) is 0 Å². The third-order valence-corrected chi connectivity index (χ3v) is 6.76. The standard InChI is InChI=1S/C22H24F2N2O2S/c1-4-15(2)16-6-8-21(20(24)9-16)29(27)26-12-22(3,13-26)14-28-18-7-5-17(11-25)19(23)10-18/h5-10,15H,4,12-14H2,1-3H3. The Morgan fingerprint density at radius 1 is 1.24 bits per heavy atom. The van der Waals surface area contributed by atoms with E-state index in [0.29, 0.717) is 25.4 Å². The second-order valence-corrected chi connectivity index (χ2v) is 9.35. The lowest BCUT2D eigenvalue weighted by molar-refractivity contribution is 0.0392. The van der Waals surface area contributed by atoms with Gasteiger partial charge in [0.1, 0.15) is 34.4 Å².